The molecule has 0 spiro atoms. The molecular formula is C18H31N3O3S. The summed E-state index contributed by atoms with van der Waals surface area (Å²) in [6, 6.07) is 7.88. The van der Waals surface area contributed by atoms with Crippen LogP contribution in [0.5, 0.6) is 5.75 Å². The van der Waals surface area contributed by atoms with Gasteiger partial charge in [0.2, 0.25) is 0 Å². The molecule has 0 heterocycles. The normalized spacial score (nSPS) is 12.8. The van der Waals surface area contributed by atoms with Crippen molar-refractivity contribution in [1.29, 1.82) is 0 Å². The molecule has 0 aliphatic rings. The van der Waals surface area contributed by atoms with Crippen molar-refractivity contribution in [3.05, 3.63) is 29.8 Å². The number of aryl methyl sites for hydroxylation is 1. The molecule has 0 unspecified atom stereocenters. The van der Waals surface area contributed by atoms with Gasteiger partial charge in [0.25, 0.3) is 0 Å². The van der Waals surface area contributed by atoms with Crippen LogP contribution in [0.3, 0.4) is 0 Å². The minimum Gasteiger partial charge on any atom is -0.492 e. The first-order valence-corrected chi connectivity index (χ1v) is 10.2. The van der Waals surface area contributed by atoms with E-state index in [1.807, 2.05) is 38.1 Å². The number of rotatable bonds is 8. The van der Waals surface area contributed by atoms with Gasteiger partial charge in [-0.25, -0.2) is 8.42 Å². The fourth-order valence-electron chi connectivity index (χ4n) is 1.90. The molecule has 0 fully saturated rings. The molecule has 0 saturated heterocycles. The lowest BCUT2D eigenvalue weighted by Gasteiger charge is -2.18. The Hall–Kier alpha value is -1.76. The second-order valence-corrected chi connectivity index (χ2v) is 9.64. The predicted molar refractivity (Wildman–Crippen MR) is 104 cm³/mol. The average molecular weight is 370 g/mol. The molecule has 1 aromatic carbocycles. The Bertz CT molecular complexity index is 647. The highest BCUT2D eigenvalue weighted by Crippen LogP contribution is 2.15. The van der Waals surface area contributed by atoms with Crippen LogP contribution in [0, 0.1) is 6.92 Å². The topological polar surface area (TPSA) is 79.8 Å². The van der Waals surface area contributed by atoms with E-state index in [1.54, 1.807) is 20.8 Å². The van der Waals surface area contributed by atoms with E-state index in [4.69, 9.17) is 4.74 Å². The second-order valence-electron chi connectivity index (χ2n) is 6.78. The molecule has 2 N–H and O–H groups in total. The van der Waals surface area contributed by atoms with Crippen LogP contribution in [0.15, 0.2) is 29.3 Å². The summed E-state index contributed by atoms with van der Waals surface area (Å²) in [6.07, 6.45) is 0. The SMILES string of the molecule is CCNC(=NCCS(=O)(=O)C(C)(C)C)NCCOc1ccc(C)cc1. The first kappa shape index (κ1) is 21.3. The van der Waals surface area contributed by atoms with Gasteiger partial charge in [-0.1, -0.05) is 17.7 Å². The Morgan fingerprint density at radius 2 is 1.80 bits per heavy atom. The Morgan fingerprint density at radius 3 is 2.36 bits per heavy atom. The number of aliphatic imine (C=N–C) groups is 1. The maximum absolute atomic E-state index is 12.1. The first-order chi connectivity index (χ1) is 11.7. The molecule has 0 atom stereocenters. The summed E-state index contributed by atoms with van der Waals surface area (Å²) in [4.78, 5) is 4.33. The van der Waals surface area contributed by atoms with E-state index in [9.17, 15) is 8.42 Å². The Labute approximate surface area is 152 Å². The van der Waals surface area contributed by atoms with Gasteiger partial charge in [0.05, 0.1) is 23.6 Å². The number of hydrogen-bond acceptors (Lipinski definition) is 4. The highest BCUT2D eigenvalue weighted by Gasteiger charge is 2.28. The number of nitrogens with zero attached hydrogens (tertiary/aromatic N) is 1. The van der Waals surface area contributed by atoms with E-state index >= 15 is 0 Å². The fraction of sp³-hybridized carbons (Fsp3) is 0.611. The summed E-state index contributed by atoms with van der Waals surface area (Å²) < 4.78 is 29.1. The minimum atomic E-state index is -3.16. The molecule has 0 aliphatic heterocycles. The van der Waals surface area contributed by atoms with Gasteiger partial charge in [0.15, 0.2) is 15.8 Å². The molecule has 1 rings (SSSR count). The van der Waals surface area contributed by atoms with Gasteiger partial charge in [0.1, 0.15) is 12.4 Å². The van der Waals surface area contributed by atoms with E-state index in [-0.39, 0.29) is 12.3 Å². The van der Waals surface area contributed by atoms with Gasteiger partial charge in [-0.15, -0.1) is 0 Å². The van der Waals surface area contributed by atoms with Gasteiger partial charge in [-0.3, -0.25) is 4.99 Å². The van der Waals surface area contributed by atoms with Crippen molar-refractivity contribution in [1.82, 2.24) is 10.6 Å². The summed E-state index contributed by atoms with van der Waals surface area (Å²) in [5, 5.41) is 6.25. The molecule has 25 heavy (non-hydrogen) atoms. The third-order valence-corrected chi connectivity index (χ3v) is 6.18. The zero-order valence-electron chi connectivity index (χ0n) is 15.9. The summed E-state index contributed by atoms with van der Waals surface area (Å²) in [5.74, 6) is 1.46. The van der Waals surface area contributed by atoms with Gasteiger partial charge in [-0.2, -0.15) is 0 Å². The van der Waals surface area contributed by atoms with Crippen LogP contribution >= 0.6 is 0 Å². The number of sulfone groups is 1. The third-order valence-electron chi connectivity index (χ3n) is 3.59. The summed E-state index contributed by atoms with van der Waals surface area (Å²) >= 11 is 0. The largest absolute Gasteiger partial charge is 0.492 e. The standard InChI is InChI=1S/C18H31N3O3S/c1-6-19-17(21-12-14-25(22,23)18(3,4)5)20-11-13-24-16-9-7-15(2)8-10-16/h7-10H,6,11-14H2,1-5H3,(H2,19,20,21). The van der Waals surface area contributed by atoms with Gasteiger partial charge in [-0.05, 0) is 46.8 Å². The van der Waals surface area contributed by atoms with Crippen molar-refractivity contribution in [2.24, 2.45) is 4.99 Å². The van der Waals surface area contributed by atoms with Gasteiger partial charge in [0, 0.05) is 6.54 Å². The van der Waals surface area contributed by atoms with Crippen LogP contribution in [-0.2, 0) is 9.84 Å². The van der Waals surface area contributed by atoms with Crippen molar-refractivity contribution in [2.75, 3.05) is 32.0 Å². The van der Waals surface area contributed by atoms with Crippen LogP contribution in [0.25, 0.3) is 0 Å². The number of guanidine groups is 1. The average Bonchev–Trinajstić information content (AvgIpc) is 2.52. The molecule has 6 nitrogen and oxygen atoms in total. The molecule has 0 aromatic heterocycles. The van der Waals surface area contributed by atoms with E-state index in [1.165, 1.54) is 5.56 Å². The fourth-order valence-corrected chi connectivity index (χ4v) is 2.84. The zero-order chi connectivity index (χ0) is 18.9. The van der Waals surface area contributed by atoms with Crippen LogP contribution in [0.1, 0.15) is 33.3 Å². The highest BCUT2D eigenvalue weighted by atomic mass is 32.2. The maximum Gasteiger partial charge on any atom is 0.191 e. The predicted octanol–water partition coefficient (Wildman–Crippen LogP) is 2.14. The second kappa shape index (κ2) is 9.65. The first-order valence-electron chi connectivity index (χ1n) is 8.59. The number of benzene rings is 1. The Kier molecular flexibility index (Phi) is 8.22. The monoisotopic (exact) mass is 369 g/mol. The third kappa shape index (κ3) is 7.77. The molecule has 0 radical (unpaired) electrons. The molecule has 0 aliphatic carbocycles. The van der Waals surface area contributed by atoms with Crippen molar-refractivity contribution >= 4 is 15.8 Å². The maximum atomic E-state index is 12.1. The summed E-state index contributed by atoms with van der Waals surface area (Å²) in [6.45, 7) is 11.1. The number of nitrogens with one attached hydrogen (secondary N) is 2. The molecule has 7 heteroatoms. The van der Waals surface area contributed by atoms with Crippen molar-refractivity contribution in [3.8, 4) is 5.75 Å². The molecule has 0 saturated carbocycles. The minimum absolute atomic E-state index is 0.0347. The molecule has 0 bridgehead atoms. The Balaban J connectivity index is 2.44. The highest BCUT2D eigenvalue weighted by molar-refractivity contribution is 7.92. The van der Waals surface area contributed by atoms with E-state index in [2.05, 4.69) is 15.6 Å². The van der Waals surface area contributed by atoms with Gasteiger partial charge < -0.3 is 15.4 Å². The molecule has 1 aromatic rings. The van der Waals surface area contributed by atoms with E-state index < -0.39 is 14.6 Å². The van der Waals surface area contributed by atoms with Crippen LogP contribution in [-0.4, -0.2) is 51.1 Å². The van der Waals surface area contributed by atoms with Gasteiger partial charge >= 0.3 is 0 Å². The van der Waals surface area contributed by atoms with E-state index in [0.717, 1.165) is 5.75 Å². The van der Waals surface area contributed by atoms with Crippen molar-refractivity contribution in [2.45, 2.75) is 39.4 Å². The molecular weight excluding hydrogens is 338 g/mol. The van der Waals surface area contributed by atoms with Crippen LogP contribution < -0.4 is 15.4 Å². The zero-order valence-corrected chi connectivity index (χ0v) is 16.7. The van der Waals surface area contributed by atoms with Crippen molar-refractivity contribution in [3.63, 3.8) is 0 Å². The number of hydrogen-bond donors (Lipinski definition) is 2. The smallest absolute Gasteiger partial charge is 0.191 e. The molecule has 142 valence electrons. The summed E-state index contributed by atoms with van der Waals surface area (Å²) in [5.41, 5.74) is 1.19. The van der Waals surface area contributed by atoms with Crippen molar-refractivity contribution < 1.29 is 13.2 Å². The van der Waals surface area contributed by atoms with Crippen LogP contribution in [0.4, 0.5) is 0 Å². The quantitative estimate of drug-likeness (QED) is 0.417. The lowest BCUT2D eigenvalue weighted by Crippen LogP contribution is -2.40. The lowest BCUT2D eigenvalue weighted by molar-refractivity contribution is 0.322. The van der Waals surface area contributed by atoms with Crippen LogP contribution in [0.2, 0.25) is 0 Å². The Morgan fingerprint density at radius 1 is 1.16 bits per heavy atom. The molecule has 0 amide bonds. The van der Waals surface area contributed by atoms with E-state index in [0.29, 0.717) is 25.7 Å². The summed E-state index contributed by atoms with van der Waals surface area (Å²) in [7, 11) is -3.16. The number of ether oxygens (including phenoxy) is 1. The lowest BCUT2D eigenvalue weighted by atomic mass is 10.2.